The van der Waals surface area contributed by atoms with Crippen LogP contribution in [0.1, 0.15) is 49.4 Å². The van der Waals surface area contributed by atoms with Gasteiger partial charge in [0.05, 0.1) is 18.5 Å². The zero-order valence-corrected chi connectivity index (χ0v) is 16.4. The van der Waals surface area contributed by atoms with Gasteiger partial charge >= 0.3 is 12.3 Å². The van der Waals surface area contributed by atoms with Crippen molar-refractivity contribution in [1.29, 1.82) is 0 Å². The number of nitrogens with one attached hydrogen (secondary N) is 2. The lowest BCUT2D eigenvalue weighted by molar-refractivity contribution is -0.160. The van der Waals surface area contributed by atoms with Gasteiger partial charge in [0.1, 0.15) is 11.9 Å². The molecule has 2 aromatic rings. The number of rotatable bonds is 7. The molecule has 2 fully saturated rings. The van der Waals surface area contributed by atoms with Gasteiger partial charge in [-0.05, 0) is 31.6 Å². The highest BCUT2D eigenvalue weighted by molar-refractivity contribution is 5.91. The molecule has 2 heterocycles. The number of hydrogen-bond acceptors (Lipinski definition) is 6. The topological polar surface area (TPSA) is 136 Å². The van der Waals surface area contributed by atoms with E-state index in [1.165, 1.54) is 6.26 Å². The molecule has 2 amide bonds. The number of carbonyl (C=O) groups is 2. The molecule has 9 nitrogen and oxygen atoms in total. The fraction of sp³-hybridized carbons (Fsp3) is 0.579. The molecular formula is C19H22F3N5O4. The summed E-state index contributed by atoms with van der Waals surface area (Å²) in [5, 5.41) is 13.3. The molecule has 4 atom stereocenters. The first-order valence-electron chi connectivity index (χ1n) is 9.93. The van der Waals surface area contributed by atoms with E-state index in [0.29, 0.717) is 24.4 Å². The molecule has 2 aromatic heterocycles. The number of aromatic nitrogens is 3. The second kappa shape index (κ2) is 7.89. The van der Waals surface area contributed by atoms with E-state index < -0.39 is 24.3 Å². The van der Waals surface area contributed by atoms with Crippen molar-refractivity contribution >= 4 is 17.8 Å². The zero-order chi connectivity index (χ0) is 22.2. The smallest absolute Gasteiger partial charge is 0.405 e. The van der Waals surface area contributed by atoms with Crippen LogP contribution in [0.5, 0.6) is 0 Å². The molecule has 4 rings (SSSR count). The van der Waals surface area contributed by atoms with Gasteiger partial charge in [0.25, 0.3) is 0 Å². The van der Waals surface area contributed by atoms with Crippen molar-refractivity contribution < 1.29 is 32.0 Å². The molecular weight excluding hydrogens is 419 g/mol. The molecule has 2 aliphatic rings. The molecule has 168 valence electrons. The van der Waals surface area contributed by atoms with E-state index >= 15 is 0 Å². The second-order valence-corrected chi connectivity index (χ2v) is 8.28. The minimum absolute atomic E-state index is 0.0137. The average molecular weight is 441 g/mol. The van der Waals surface area contributed by atoms with Gasteiger partial charge in [0.15, 0.2) is 5.82 Å². The molecule has 0 radical (unpaired) electrons. The fourth-order valence-electron chi connectivity index (χ4n) is 4.76. The molecule has 31 heavy (non-hydrogen) atoms. The Morgan fingerprint density at radius 2 is 2.19 bits per heavy atom. The van der Waals surface area contributed by atoms with E-state index in [9.17, 15) is 22.8 Å². The van der Waals surface area contributed by atoms with E-state index in [0.717, 1.165) is 12.1 Å². The van der Waals surface area contributed by atoms with Gasteiger partial charge in [-0.1, -0.05) is 5.16 Å². The molecule has 2 saturated carbocycles. The maximum absolute atomic E-state index is 13.0. The summed E-state index contributed by atoms with van der Waals surface area (Å²) < 4.78 is 48.5. The van der Waals surface area contributed by atoms with Gasteiger partial charge in [0.2, 0.25) is 5.91 Å². The number of carbonyl (C=O) groups excluding carboxylic acids is 2. The minimum Gasteiger partial charge on any atom is -0.442 e. The molecule has 0 bridgehead atoms. The number of anilines is 1. The largest absolute Gasteiger partial charge is 0.442 e. The number of nitrogens with zero attached hydrogens (tertiary/aromatic N) is 2. The Hall–Kier alpha value is -3.05. The van der Waals surface area contributed by atoms with Crippen LogP contribution < -0.4 is 11.1 Å². The number of aromatic amines is 1. The Morgan fingerprint density at radius 1 is 1.39 bits per heavy atom. The monoisotopic (exact) mass is 441 g/mol. The van der Waals surface area contributed by atoms with Gasteiger partial charge in [0, 0.05) is 29.7 Å². The van der Waals surface area contributed by atoms with Crippen molar-refractivity contribution in [1.82, 2.24) is 15.4 Å². The molecule has 0 spiro atoms. The first kappa shape index (κ1) is 21.2. The summed E-state index contributed by atoms with van der Waals surface area (Å²) in [5.41, 5.74) is 4.77. The number of alkyl halides is 3. The van der Waals surface area contributed by atoms with Gasteiger partial charge in [-0.3, -0.25) is 9.89 Å². The van der Waals surface area contributed by atoms with Crippen LogP contribution in [0, 0.1) is 11.8 Å². The molecule has 12 heteroatoms. The number of hydrogen-bond donors (Lipinski definition) is 3. The first-order chi connectivity index (χ1) is 14.6. The fourth-order valence-corrected chi connectivity index (χ4v) is 4.76. The van der Waals surface area contributed by atoms with Crippen LogP contribution in [0.25, 0.3) is 0 Å². The van der Waals surface area contributed by atoms with Crippen LogP contribution in [0.2, 0.25) is 0 Å². The van der Waals surface area contributed by atoms with E-state index in [2.05, 4.69) is 25.2 Å². The Kier molecular flexibility index (Phi) is 5.40. The van der Waals surface area contributed by atoms with Crippen molar-refractivity contribution in [2.75, 3.05) is 5.32 Å². The molecule has 0 saturated heterocycles. The summed E-state index contributed by atoms with van der Waals surface area (Å²) in [6.45, 7) is 0. The predicted molar refractivity (Wildman–Crippen MR) is 99.7 cm³/mol. The highest BCUT2D eigenvalue weighted by Crippen LogP contribution is 2.61. The van der Waals surface area contributed by atoms with Crippen molar-refractivity contribution in [3.63, 3.8) is 0 Å². The molecule has 2 unspecified atom stereocenters. The quantitative estimate of drug-likeness (QED) is 0.603. The van der Waals surface area contributed by atoms with E-state index in [1.54, 1.807) is 12.1 Å². The summed E-state index contributed by atoms with van der Waals surface area (Å²) in [6, 6.07) is 3.32. The Balaban J connectivity index is 1.34. The highest BCUT2D eigenvalue weighted by atomic mass is 19.4. The Morgan fingerprint density at radius 3 is 2.87 bits per heavy atom. The van der Waals surface area contributed by atoms with Gasteiger partial charge in [-0.2, -0.15) is 18.3 Å². The summed E-state index contributed by atoms with van der Waals surface area (Å²) >= 11 is 0. The van der Waals surface area contributed by atoms with Gasteiger partial charge in [-0.15, -0.1) is 0 Å². The van der Waals surface area contributed by atoms with Gasteiger partial charge in [-0.25, -0.2) is 4.79 Å². The third kappa shape index (κ3) is 5.00. The predicted octanol–water partition coefficient (Wildman–Crippen LogP) is 3.27. The molecule has 0 aromatic carbocycles. The zero-order valence-electron chi connectivity index (χ0n) is 16.4. The van der Waals surface area contributed by atoms with Gasteiger partial charge < -0.3 is 20.3 Å². The van der Waals surface area contributed by atoms with E-state index in [4.69, 9.17) is 10.5 Å². The van der Waals surface area contributed by atoms with Crippen LogP contribution >= 0.6 is 0 Å². The summed E-state index contributed by atoms with van der Waals surface area (Å²) in [7, 11) is 0. The Labute approximate surface area is 174 Å². The molecule has 4 N–H and O–H groups in total. The highest BCUT2D eigenvalue weighted by Gasteiger charge is 2.65. The number of amides is 2. The number of primary amides is 1. The third-order valence-electron chi connectivity index (χ3n) is 6.06. The standard InChI is InChI=1S/C19H22F3N5O4/c20-19(21,22)9-18(31-17(23)29)8-13(18)10-1-2-11(5-10)14-7-15(26-25-14)24-16(28)6-12-3-4-30-27-12/h3-4,7,10-11,13H,1-2,5-6,8-9H2,(H2,23,29)(H2,24,25,26,28)/t10-,11+,13?,18?/m1/s1. The second-order valence-electron chi connectivity index (χ2n) is 8.28. The maximum atomic E-state index is 13.0. The SMILES string of the molecule is NC(=O)OC1(CC(F)(F)F)CC1[C@@H]1CC[C@H](c2cc(NC(=O)Cc3ccon3)n[nH]2)C1. The lowest BCUT2D eigenvalue weighted by Gasteiger charge is -2.21. The summed E-state index contributed by atoms with van der Waals surface area (Å²) in [5.74, 6) is -0.246. The van der Waals surface area contributed by atoms with E-state index in [-0.39, 0.29) is 36.5 Å². The van der Waals surface area contributed by atoms with Crippen LogP contribution in [-0.4, -0.2) is 39.1 Å². The minimum atomic E-state index is -4.44. The van der Waals surface area contributed by atoms with Crippen molar-refractivity contribution in [3.05, 3.63) is 29.8 Å². The summed E-state index contributed by atoms with van der Waals surface area (Å²) in [4.78, 5) is 23.2. The number of ether oxygens (including phenoxy) is 1. The van der Waals surface area contributed by atoms with E-state index in [1.807, 2.05) is 0 Å². The van der Waals surface area contributed by atoms with Crippen LogP contribution in [-0.2, 0) is 16.0 Å². The number of halogens is 3. The summed E-state index contributed by atoms with van der Waals surface area (Å²) in [6.07, 6.45) is -3.10. The maximum Gasteiger partial charge on any atom is 0.405 e. The lowest BCUT2D eigenvalue weighted by atomic mass is 9.95. The average Bonchev–Trinajstić information content (AvgIpc) is 3.16. The Bertz CT molecular complexity index is 945. The number of nitrogens with two attached hydrogens (primary N) is 1. The molecule has 2 aliphatic carbocycles. The van der Waals surface area contributed by atoms with Crippen LogP contribution in [0.4, 0.5) is 23.8 Å². The lowest BCUT2D eigenvalue weighted by Crippen LogP contribution is -2.32. The first-order valence-corrected chi connectivity index (χ1v) is 9.93. The molecule has 0 aliphatic heterocycles. The van der Waals surface area contributed by atoms with Crippen molar-refractivity contribution in [2.24, 2.45) is 17.6 Å². The van der Waals surface area contributed by atoms with Crippen LogP contribution in [0.3, 0.4) is 0 Å². The van der Waals surface area contributed by atoms with Crippen LogP contribution in [0.15, 0.2) is 22.9 Å². The van der Waals surface area contributed by atoms with Crippen molar-refractivity contribution in [3.8, 4) is 0 Å². The third-order valence-corrected chi connectivity index (χ3v) is 6.06. The number of H-pyrrole nitrogens is 1. The normalized spacial score (nSPS) is 27.8. The van der Waals surface area contributed by atoms with Crippen molar-refractivity contribution in [2.45, 2.75) is 56.2 Å².